The van der Waals surface area contributed by atoms with E-state index in [2.05, 4.69) is 20.8 Å². The maximum atomic E-state index is 11.9. The highest BCUT2D eigenvalue weighted by Crippen LogP contribution is 2.10. The van der Waals surface area contributed by atoms with E-state index in [1.54, 1.807) is 44.3 Å². The predicted octanol–water partition coefficient (Wildman–Crippen LogP) is 2.58. The van der Waals surface area contributed by atoms with Crippen LogP contribution in [-0.4, -0.2) is 22.5 Å². The van der Waals surface area contributed by atoms with Crippen LogP contribution in [0.2, 0.25) is 0 Å². The van der Waals surface area contributed by atoms with Crippen LogP contribution in [-0.2, 0) is 4.79 Å². The topological polar surface area (TPSA) is 83.5 Å². The molecule has 0 atom stereocenters. The molecule has 118 valence electrons. The van der Waals surface area contributed by atoms with Crippen LogP contribution < -0.4 is 10.7 Å². The Balaban J connectivity index is 2.00. The van der Waals surface area contributed by atoms with E-state index in [0.717, 1.165) is 11.3 Å². The van der Waals surface area contributed by atoms with Crippen molar-refractivity contribution in [2.24, 2.45) is 5.10 Å². The minimum absolute atomic E-state index is 0.0353. The van der Waals surface area contributed by atoms with Gasteiger partial charge in [-0.2, -0.15) is 5.10 Å². The summed E-state index contributed by atoms with van der Waals surface area (Å²) in [6.45, 7) is 3.59. The van der Waals surface area contributed by atoms with Gasteiger partial charge in [-0.05, 0) is 36.8 Å². The molecule has 0 radical (unpaired) electrons. The van der Waals surface area contributed by atoms with Crippen LogP contribution in [0.1, 0.15) is 36.2 Å². The van der Waals surface area contributed by atoms with Crippen LogP contribution in [0.4, 0.5) is 5.69 Å². The molecule has 0 aliphatic heterocycles. The van der Waals surface area contributed by atoms with Gasteiger partial charge in [0.15, 0.2) is 0 Å². The number of nitrogens with one attached hydrogen (secondary N) is 2. The summed E-state index contributed by atoms with van der Waals surface area (Å²) >= 11 is 0. The monoisotopic (exact) mass is 310 g/mol. The molecule has 0 spiro atoms. The molecular weight excluding hydrogens is 292 g/mol. The van der Waals surface area contributed by atoms with Crippen molar-refractivity contribution < 1.29 is 9.59 Å². The molecule has 23 heavy (non-hydrogen) atoms. The number of hydrogen-bond donors (Lipinski definition) is 2. The minimum Gasteiger partial charge on any atom is -0.326 e. The quantitative estimate of drug-likeness (QED) is 0.657. The van der Waals surface area contributed by atoms with Gasteiger partial charge in [-0.3, -0.25) is 14.6 Å². The first-order chi connectivity index (χ1) is 11.1. The third-order valence-electron chi connectivity index (χ3n) is 3.16. The molecule has 0 fully saturated rings. The molecule has 0 aliphatic carbocycles. The fourth-order valence-electron chi connectivity index (χ4n) is 1.80. The zero-order chi connectivity index (χ0) is 16.7. The predicted molar refractivity (Wildman–Crippen MR) is 89.3 cm³/mol. The van der Waals surface area contributed by atoms with E-state index in [0.29, 0.717) is 17.7 Å². The van der Waals surface area contributed by atoms with Gasteiger partial charge in [0.05, 0.1) is 11.3 Å². The molecule has 0 bridgehead atoms. The summed E-state index contributed by atoms with van der Waals surface area (Å²) < 4.78 is 0. The average Bonchev–Trinajstić information content (AvgIpc) is 2.60. The molecule has 1 aromatic carbocycles. The zero-order valence-corrected chi connectivity index (χ0v) is 13.0. The number of hydrazone groups is 1. The molecule has 1 aromatic heterocycles. The van der Waals surface area contributed by atoms with E-state index < -0.39 is 0 Å². The van der Waals surface area contributed by atoms with Crippen LogP contribution in [0.15, 0.2) is 53.9 Å². The third-order valence-corrected chi connectivity index (χ3v) is 3.16. The summed E-state index contributed by atoms with van der Waals surface area (Å²) in [6.07, 6.45) is 3.51. The Labute approximate surface area is 134 Å². The van der Waals surface area contributed by atoms with Gasteiger partial charge in [0.2, 0.25) is 5.91 Å². The molecule has 0 aliphatic rings. The summed E-state index contributed by atoms with van der Waals surface area (Å²) in [5.74, 6) is -0.351. The molecule has 2 rings (SSSR count). The molecule has 1 heterocycles. The van der Waals surface area contributed by atoms with Gasteiger partial charge in [-0.15, -0.1) is 0 Å². The fraction of sp³-hybridized carbons (Fsp3) is 0.176. The Morgan fingerprint density at radius 1 is 1.13 bits per heavy atom. The van der Waals surface area contributed by atoms with E-state index in [-0.39, 0.29) is 11.8 Å². The number of carbonyl (C=O) groups excluding carboxylic acids is 2. The number of carbonyl (C=O) groups is 2. The van der Waals surface area contributed by atoms with E-state index in [1.165, 1.54) is 6.20 Å². The first-order valence-electron chi connectivity index (χ1n) is 7.25. The number of aromatic nitrogens is 1. The third kappa shape index (κ3) is 4.74. The summed E-state index contributed by atoms with van der Waals surface area (Å²) in [4.78, 5) is 27.1. The van der Waals surface area contributed by atoms with Crippen molar-refractivity contribution in [3.05, 3.63) is 59.9 Å². The summed E-state index contributed by atoms with van der Waals surface area (Å²) in [7, 11) is 0. The number of nitrogens with zero attached hydrogens (tertiary/aromatic N) is 2. The molecule has 6 heteroatoms. The smallest absolute Gasteiger partial charge is 0.272 e. The van der Waals surface area contributed by atoms with E-state index >= 15 is 0 Å². The molecule has 6 nitrogen and oxygen atoms in total. The minimum atomic E-state index is -0.315. The van der Waals surface area contributed by atoms with Gasteiger partial charge >= 0.3 is 0 Å². The van der Waals surface area contributed by atoms with Crippen LogP contribution in [0, 0.1) is 0 Å². The van der Waals surface area contributed by atoms with Crippen molar-refractivity contribution in [1.82, 2.24) is 10.4 Å². The molecule has 0 saturated carbocycles. The Morgan fingerprint density at radius 2 is 1.87 bits per heavy atom. The fourth-order valence-corrected chi connectivity index (χ4v) is 1.80. The average molecular weight is 310 g/mol. The van der Waals surface area contributed by atoms with Crippen molar-refractivity contribution in [3.8, 4) is 0 Å². The second-order valence-corrected chi connectivity index (χ2v) is 4.86. The van der Waals surface area contributed by atoms with Crippen LogP contribution in [0.25, 0.3) is 0 Å². The lowest BCUT2D eigenvalue weighted by Gasteiger charge is -2.06. The highest BCUT2D eigenvalue weighted by Gasteiger charge is 2.05. The lowest BCUT2D eigenvalue weighted by molar-refractivity contribution is -0.115. The summed E-state index contributed by atoms with van der Waals surface area (Å²) in [6, 6.07) is 10.6. The van der Waals surface area contributed by atoms with E-state index in [1.807, 2.05) is 12.1 Å². The number of amides is 2. The maximum absolute atomic E-state index is 11.9. The van der Waals surface area contributed by atoms with Crippen LogP contribution in [0.3, 0.4) is 0 Å². The standard InChI is InChI=1S/C17H18N4O2/c1-3-16(22)19-15-8-6-13(7-9-15)12(2)20-21-17(23)14-5-4-10-18-11-14/h4-11H,3H2,1-2H3,(H,19,22)(H,21,23)/b20-12-. The number of pyridine rings is 1. The van der Waals surface area contributed by atoms with Crippen molar-refractivity contribution in [2.45, 2.75) is 20.3 Å². The SMILES string of the molecule is CCC(=O)Nc1ccc(/C(C)=N\NC(=O)c2cccnc2)cc1. The Bertz CT molecular complexity index is 709. The van der Waals surface area contributed by atoms with Gasteiger partial charge < -0.3 is 5.32 Å². The lowest BCUT2D eigenvalue weighted by Crippen LogP contribution is -2.19. The zero-order valence-electron chi connectivity index (χ0n) is 13.0. The largest absolute Gasteiger partial charge is 0.326 e. The molecule has 2 aromatic rings. The number of hydrogen-bond acceptors (Lipinski definition) is 4. The van der Waals surface area contributed by atoms with Crippen molar-refractivity contribution >= 4 is 23.2 Å². The Kier molecular flexibility index (Phi) is 5.57. The Morgan fingerprint density at radius 3 is 2.48 bits per heavy atom. The first kappa shape index (κ1) is 16.4. The van der Waals surface area contributed by atoms with Crippen LogP contribution >= 0.6 is 0 Å². The second-order valence-electron chi connectivity index (χ2n) is 4.86. The van der Waals surface area contributed by atoms with E-state index in [9.17, 15) is 9.59 Å². The molecule has 2 amide bonds. The molecule has 0 saturated heterocycles. The van der Waals surface area contributed by atoms with Gasteiger partial charge in [0.1, 0.15) is 0 Å². The lowest BCUT2D eigenvalue weighted by atomic mass is 10.1. The van der Waals surface area contributed by atoms with Gasteiger partial charge in [0.25, 0.3) is 5.91 Å². The van der Waals surface area contributed by atoms with Gasteiger partial charge in [0, 0.05) is 24.5 Å². The maximum Gasteiger partial charge on any atom is 0.272 e. The number of anilines is 1. The summed E-state index contributed by atoms with van der Waals surface area (Å²) in [5, 5.41) is 6.85. The number of benzene rings is 1. The highest BCUT2D eigenvalue weighted by molar-refractivity contribution is 6.01. The van der Waals surface area contributed by atoms with Crippen molar-refractivity contribution in [2.75, 3.05) is 5.32 Å². The van der Waals surface area contributed by atoms with Crippen LogP contribution in [0.5, 0.6) is 0 Å². The molecule has 0 unspecified atom stereocenters. The van der Waals surface area contributed by atoms with Gasteiger partial charge in [-0.25, -0.2) is 5.43 Å². The normalized spacial score (nSPS) is 11.0. The Hall–Kier alpha value is -3.02. The second kappa shape index (κ2) is 7.84. The van der Waals surface area contributed by atoms with Gasteiger partial charge in [-0.1, -0.05) is 19.1 Å². The van der Waals surface area contributed by atoms with Crippen molar-refractivity contribution in [3.63, 3.8) is 0 Å². The summed E-state index contributed by atoms with van der Waals surface area (Å²) in [5.41, 5.74) is 5.18. The first-order valence-corrected chi connectivity index (χ1v) is 7.25. The molecular formula is C17H18N4O2. The number of rotatable bonds is 5. The highest BCUT2D eigenvalue weighted by atomic mass is 16.2. The molecule has 2 N–H and O–H groups in total. The van der Waals surface area contributed by atoms with E-state index in [4.69, 9.17) is 0 Å². The van der Waals surface area contributed by atoms with Crippen molar-refractivity contribution in [1.29, 1.82) is 0 Å².